The first kappa shape index (κ1) is 32.5. The highest BCUT2D eigenvalue weighted by Crippen LogP contribution is 2.32. The molecular weight excluding hydrogens is 536 g/mol. The molecule has 42 heavy (non-hydrogen) atoms. The quantitative estimate of drug-likeness (QED) is 0.161. The molecule has 3 atom stereocenters. The number of amides is 4. The number of likely N-dealkylation sites (N-methyl/N-ethyl adjacent to an activating group) is 1. The zero-order chi connectivity index (χ0) is 30.5. The van der Waals surface area contributed by atoms with Crippen molar-refractivity contribution in [2.24, 2.45) is 5.92 Å². The van der Waals surface area contributed by atoms with Gasteiger partial charge in [-0.1, -0.05) is 49.4 Å². The molecule has 0 saturated carbocycles. The topological polar surface area (TPSA) is 134 Å². The minimum absolute atomic E-state index is 0.153. The lowest BCUT2D eigenvalue weighted by atomic mass is 9.89. The number of aromatic nitrogens is 1. The van der Waals surface area contributed by atoms with E-state index in [2.05, 4.69) is 26.4 Å². The maximum atomic E-state index is 13.4. The van der Waals surface area contributed by atoms with Crippen LogP contribution < -0.4 is 21.4 Å². The third-order valence-corrected chi connectivity index (χ3v) is 6.72. The molecule has 11 heteroatoms. The summed E-state index contributed by atoms with van der Waals surface area (Å²) in [5.41, 5.74) is 4.41. The number of hydrogen-bond donors (Lipinski definition) is 4. The molecule has 0 aliphatic heterocycles. The number of urea groups is 1. The summed E-state index contributed by atoms with van der Waals surface area (Å²) in [4.78, 5) is 42.3. The molecule has 4 amide bonds. The molecule has 1 heterocycles. The Bertz CT molecular complexity index is 1300. The fraction of sp³-hybridized carbons (Fsp3) is 0.419. The second-order valence-electron chi connectivity index (χ2n) is 9.99. The van der Waals surface area contributed by atoms with Crippen LogP contribution in [0.25, 0.3) is 10.8 Å². The largest absolute Gasteiger partial charge is 0.353 e. The zero-order valence-electron chi connectivity index (χ0n) is 24.9. The molecule has 0 aliphatic rings. The van der Waals surface area contributed by atoms with Gasteiger partial charge in [-0.25, -0.2) is 9.80 Å². The molecule has 0 bridgehead atoms. The maximum absolute atomic E-state index is 13.4. The van der Waals surface area contributed by atoms with Gasteiger partial charge >= 0.3 is 6.03 Å². The Morgan fingerprint density at radius 3 is 2.26 bits per heavy atom. The molecule has 0 saturated heterocycles. The Labute approximate surface area is 247 Å². The number of hydrogen-bond acceptors (Lipinski definition) is 7. The molecule has 0 aliphatic carbocycles. The third-order valence-electron chi connectivity index (χ3n) is 6.72. The molecule has 1 unspecified atom stereocenters. The van der Waals surface area contributed by atoms with Crippen LogP contribution in [0.1, 0.15) is 44.9 Å². The summed E-state index contributed by atoms with van der Waals surface area (Å²) in [5.74, 6) is -1.03. The summed E-state index contributed by atoms with van der Waals surface area (Å²) in [7, 11) is 1.57. The number of carbonyl (C=O) groups excluding carboxylic acids is 3. The molecule has 4 N–H and O–H groups in total. The number of pyridine rings is 1. The van der Waals surface area contributed by atoms with E-state index < -0.39 is 30.3 Å². The summed E-state index contributed by atoms with van der Waals surface area (Å²) in [6.45, 7) is 8.48. The van der Waals surface area contributed by atoms with Gasteiger partial charge in [0, 0.05) is 45.1 Å². The van der Waals surface area contributed by atoms with Crippen molar-refractivity contribution in [3.8, 4) is 0 Å². The smallest absolute Gasteiger partial charge is 0.329 e. The van der Waals surface area contributed by atoms with Crippen LogP contribution in [0.3, 0.4) is 0 Å². The predicted octanol–water partition coefficient (Wildman–Crippen LogP) is 3.28. The van der Waals surface area contributed by atoms with Gasteiger partial charge in [-0.15, -0.1) is 0 Å². The van der Waals surface area contributed by atoms with Crippen molar-refractivity contribution in [1.29, 1.82) is 0 Å². The van der Waals surface area contributed by atoms with E-state index >= 15 is 0 Å². The standard InChI is InChI=1S/C31H42N6O5/c1-6-41-30(42-7-2)21(3)28(26-14-10-12-24-11-8-9-13-25(24)26)35-29(39)22(4)34-27(38)20-37(5)36-31(40)33-19-23-15-17-32-18-16-23/h8-18,21-22,28,30H,6-7,19-20H2,1-5H3,(H,34,38)(H,35,39)(H2,33,36,40)/t21-,22?,28-/m0/s1. The van der Waals surface area contributed by atoms with Crippen LogP contribution in [0, 0.1) is 5.92 Å². The summed E-state index contributed by atoms with van der Waals surface area (Å²) in [5, 5.41) is 12.0. The molecule has 3 aromatic rings. The van der Waals surface area contributed by atoms with Crippen LogP contribution >= 0.6 is 0 Å². The van der Waals surface area contributed by atoms with Gasteiger partial charge in [-0.2, -0.15) is 0 Å². The lowest BCUT2D eigenvalue weighted by Crippen LogP contribution is -2.52. The molecule has 11 nitrogen and oxygen atoms in total. The Balaban J connectivity index is 1.64. The lowest BCUT2D eigenvalue weighted by Gasteiger charge is -2.33. The second-order valence-corrected chi connectivity index (χ2v) is 9.99. The van der Waals surface area contributed by atoms with Gasteiger partial charge in [0.2, 0.25) is 11.8 Å². The van der Waals surface area contributed by atoms with Gasteiger partial charge in [0.25, 0.3) is 0 Å². The number of carbonyl (C=O) groups is 3. The second kappa shape index (κ2) is 16.4. The predicted molar refractivity (Wildman–Crippen MR) is 161 cm³/mol. The molecule has 0 spiro atoms. The number of benzene rings is 2. The fourth-order valence-electron chi connectivity index (χ4n) is 4.63. The van der Waals surface area contributed by atoms with E-state index in [4.69, 9.17) is 9.47 Å². The van der Waals surface area contributed by atoms with Crippen LogP contribution in [0.4, 0.5) is 4.79 Å². The lowest BCUT2D eigenvalue weighted by molar-refractivity contribution is -0.170. The first-order chi connectivity index (χ1) is 20.2. The fourth-order valence-corrected chi connectivity index (χ4v) is 4.63. The minimum atomic E-state index is -0.839. The number of hydrazine groups is 1. The van der Waals surface area contributed by atoms with Crippen molar-refractivity contribution in [3.63, 3.8) is 0 Å². The van der Waals surface area contributed by atoms with Gasteiger partial charge < -0.3 is 25.4 Å². The molecule has 1 aromatic heterocycles. The molecule has 0 radical (unpaired) electrons. The van der Waals surface area contributed by atoms with Gasteiger partial charge in [-0.3, -0.25) is 20.0 Å². The number of nitrogens with zero attached hydrogens (tertiary/aromatic N) is 2. The van der Waals surface area contributed by atoms with E-state index in [1.54, 1.807) is 38.5 Å². The van der Waals surface area contributed by atoms with E-state index in [1.807, 2.05) is 63.2 Å². The van der Waals surface area contributed by atoms with E-state index in [0.717, 1.165) is 21.9 Å². The number of nitrogens with one attached hydrogen (secondary N) is 4. The molecule has 226 valence electrons. The first-order valence-corrected chi connectivity index (χ1v) is 14.2. The van der Waals surface area contributed by atoms with Gasteiger partial charge in [0.1, 0.15) is 6.04 Å². The van der Waals surface area contributed by atoms with E-state index in [-0.39, 0.29) is 18.4 Å². The number of rotatable bonds is 15. The van der Waals surface area contributed by atoms with Gasteiger partial charge in [-0.05, 0) is 54.8 Å². The molecular formula is C31H42N6O5. The van der Waals surface area contributed by atoms with Crippen LogP contribution in [-0.4, -0.2) is 67.0 Å². The molecule has 3 rings (SSSR count). The minimum Gasteiger partial charge on any atom is -0.353 e. The monoisotopic (exact) mass is 578 g/mol. The van der Waals surface area contributed by atoms with Crippen molar-refractivity contribution in [1.82, 2.24) is 31.4 Å². The van der Waals surface area contributed by atoms with Crippen molar-refractivity contribution >= 4 is 28.6 Å². The highest BCUT2D eigenvalue weighted by molar-refractivity contribution is 5.90. The van der Waals surface area contributed by atoms with E-state index in [0.29, 0.717) is 19.8 Å². The normalized spacial score (nSPS) is 13.4. The van der Waals surface area contributed by atoms with Crippen LogP contribution in [0.15, 0.2) is 67.0 Å². The summed E-state index contributed by atoms with van der Waals surface area (Å²) >= 11 is 0. The molecule has 0 fully saturated rings. The van der Waals surface area contributed by atoms with E-state index in [9.17, 15) is 14.4 Å². The maximum Gasteiger partial charge on any atom is 0.329 e. The highest BCUT2D eigenvalue weighted by atomic mass is 16.7. The molecule has 2 aromatic carbocycles. The third kappa shape index (κ3) is 9.51. The Hall–Kier alpha value is -4.06. The van der Waals surface area contributed by atoms with Crippen LogP contribution in [-0.2, 0) is 25.6 Å². The average molecular weight is 579 g/mol. The number of fused-ring (bicyclic) bond motifs is 1. The number of ether oxygens (including phenoxy) is 2. The highest BCUT2D eigenvalue weighted by Gasteiger charge is 2.32. The van der Waals surface area contributed by atoms with Crippen molar-refractivity contribution in [2.45, 2.75) is 52.6 Å². The Kier molecular flexibility index (Phi) is 12.7. The first-order valence-electron chi connectivity index (χ1n) is 14.2. The Morgan fingerprint density at radius 1 is 0.905 bits per heavy atom. The van der Waals surface area contributed by atoms with Crippen LogP contribution in [0.2, 0.25) is 0 Å². The van der Waals surface area contributed by atoms with E-state index in [1.165, 1.54) is 5.01 Å². The van der Waals surface area contributed by atoms with Crippen molar-refractivity contribution in [3.05, 3.63) is 78.1 Å². The average Bonchev–Trinajstić information content (AvgIpc) is 2.98. The summed E-state index contributed by atoms with van der Waals surface area (Å²) < 4.78 is 11.8. The van der Waals surface area contributed by atoms with Crippen LogP contribution in [0.5, 0.6) is 0 Å². The zero-order valence-corrected chi connectivity index (χ0v) is 24.9. The summed E-state index contributed by atoms with van der Waals surface area (Å²) in [6.07, 6.45) is 2.74. The Morgan fingerprint density at radius 2 is 1.57 bits per heavy atom. The van der Waals surface area contributed by atoms with Gasteiger partial charge in [0.05, 0.1) is 12.6 Å². The summed E-state index contributed by atoms with van der Waals surface area (Å²) in [6, 6.07) is 15.8. The SMILES string of the molecule is CCOC(OCC)[C@@H](C)[C@H](NC(=O)C(C)NC(=O)CN(C)NC(=O)NCc1ccncc1)c1cccc2ccccc12. The van der Waals surface area contributed by atoms with Gasteiger partial charge in [0.15, 0.2) is 6.29 Å². The van der Waals surface area contributed by atoms with Crippen molar-refractivity contribution < 1.29 is 23.9 Å². The van der Waals surface area contributed by atoms with Crippen molar-refractivity contribution in [2.75, 3.05) is 26.8 Å².